The standard InChI is InChI=1S/C11H23N3O/c1-2-12-11-4-3-5-14(10-11)13-6-8-15-9-7-13/h11-12H,2-10H2,1H3. The van der Waals surface area contributed by atoms with Crippen LogP contribution < -0.4 is 5.32 Å². The van der Waals surface area contributed by atoms with E-state index in [0.29, 0.717) is 6.04 Å². The fraction of sp³-hybridized carbons (Fsp3) is 1.00. The van der Waals surface area contributed by atoms with Crippen molar-refractivity contribution < 1.29 is 4.74 Å². The topological polar surface area (TPSA) is 27.7 Å². The number of hydrogen-bond donors (Lipinski definition) is 1. The summed E-state index contributed by atoms with van der Waals surface area (Å²) in [5, 5.41) is 8.53. The Balaban J connectivity index is 1.80. The van der Waals surface area contributed by atoms with Gasteiger partial charge in [-0.05, 0) is 19.4 Å². The Kier molecular flexibility index (Phi) is 4.38. The van der Waals surface area contributed by atoms with Gasteiger partial charge in [0, 0.05) is 32.2 Å². The van der Waals surface area contributed by atoms with Crippen LogP contribution in [0.4, 0.5) is 0 Å². The molecule has 0 aliphatic carbocycles. The normalized spacial score (nSPS) is 30.6. The highest BCUT2D eigenvalue weighted by Gasteiger charge is 2.24. The lowest BCUT2D eigenvalue weighted by atomic mass is 10.1. The third kappa shape index (κ3) is 3.14. The van der Waals surface area contributed by atoms with Gasteiger partial charge in [-0.25, -0.2) is 10.0 Å². The molecule has 0 aromatic carbocycles. The molecule has 0 aromatic rings. The van der Waals surface area contributed by atoms with E-state index in [1.807, 2.05) is 0 Å². The third-order valence-electron chi connectivity index (χ3n) is 3.28. The van der Waals surface area contributed by atoms with Gasteiger partial charge in [0.05, 0.1) is 13.2 Å². The number of nitrogens with one attached hydrogen (secondary N) is 1. The highest BCUT2D eigenvalue weighted by molar-refractivity contribution is 4.77. The summed E-state index contributed by atoms with van der Waals surface area (Å²) in [6.45, 7) is 9.59. The molecule has 4 heteroatoms. The Hall–Kier alpha value is -0.160. The molecule has 2 rings (SSSR count). The van der Waals surface area contributed by atoms with Gasteiger partial charge in [-0.2, -0.15) is 0 Å². The Morgan fingerprint density at radius 3 is 2.73 bits per heavy atom. The van der Waals surface area contributed by atoms with Crippen molar-refractivity contribution in [3.05, 3.63) is 0 Å². The van der Waals surface area contributed by atoms with E-state index in [2.05, 4.69) is 22.3 Å². The fourth-order valence-corrected chi connectivity index (χ4v) is 2.51. The van der Waals surface area contributed by atoms with Crippen LogP contribution in [0.5, 0.6) is 0 Å². The number of likely N-dealkylation sites (N-methyl/N-ethyl adjacent to an activating group) is 1. The lowest BCUT2D eigenvalue weighted by molar-refractivity contribution is -0.103. The SMILES string of the molecule is CCNC1CCCN(N2CCOCC2)C1. The maximum Gasteiger partial charge on any atom is 0.0608 e. The number of nitrogens with zero attached hydrogens (tertiary/aromatic N) is 2. The van der Waals surface area contributed by atoms with E-state index in [0.717, 1.165) is 32.8 Å². The first-order valence-electron chi connectivity index (χ1n) is 6.21. The predicted molar refractivity (Wildman–Crippen MR) is 60.7 cm³/mol. The van der Waals surface area contributed by atoms with Gasteiger partial charge in [-0.1, -0.05) is 6.92 Å². The molecule has 2 aliphatic heterocycles. The van der Waals surface area contributed by atoms with Crippen molar-refractivity contribution in [1.82, 2.24) is 15.3 Å². The lowest BCUT2D eigenvalue weighted by Crippen LogP contribution is -2.55. The molecule has 0 saturated carbocycles. The third-order valence-corrected chi connectivity index (χ3v) is 3.28. The smallest absolute Gasteiger partial charge is 0.0608 e. The minimum atomic E-state index is 0.687. The van der Waals surface area contributed by atoms with Gasteiger partial charge in [0.2, 0.25) is 0 Å². The number of morpholine rings is 1. The molecule has 0 bridgehead atoms. The van der Waals surface area contributed by atoms with Crippen LogP contribution in [-0.2, 0) is 4.74 Å². The van der Waals surface area contributed by atoms with Crippen molar-refractivity contribution in [2.24, 2.45) is 0 Å². The molecule has 15 heavy (non-hydrogen) atoms. The maximum atomic E-state index is 5.38. The molecule has 2 fully saturated rings. The van der Waals surface area contributed by atoms with E-state index in [4.69, 9.17) is 4.74 Å². The minimum absolute atomic E-state index is 0.687. The molecule has 0 aromatic heterocycles. The van der Waals surface area contributed by atoms with Gasteiger partial charge in [0.1, 0.15) is 0 Å². The molecule has 88 valence electrons. The zero-order chi connectivity index (χ0) is 10.5. The summed E-state index contributed by atoms with van der Waals surface area (Å²) >= 11 is 0. The Bertz CT molecular complexity index is 181. The first-order valence-corrected chi connectivity index (χ1v) is 6.21. The van der Waals surface area contributed by atoms with E-state index in [1.54, 1.807) is 0 Å². The van der Waals surface area contributed by atoms with Gasteiger partial charge in [0.15, 0.2) is 0 Å². The number of ether oxygens (including phenoxy) is 1. The highest BCUT2D eigenvalue weighted by atomic mass is 16.5. The summed E-state index contributed by atoms with van der Waals surface area (Å²) in [6.07, 6.45) is 2.64. The monoisotopic (exact) mass is 213 g/mol. The summed E-state index contributed by atoms with van der Waals surface area (Å²) in [6, 6.07) is 0.687. The Morgan fingerprint density at radius 1 is 1.20 bits per heavy atom. The van der Waals surface area contributed by atoms with Crippen molar-refractivity contribution in [2.75, 3.05) is 45.9 Å². The summed E-state index contributed by atoms with van der Waals surface area (Å²) < 4.78 is 5.38. The summed E-state index contributed by atoms with van der Waals surface area (Å²) in [4.78, 5) is 0. The molecular formula is C11H23N3O. The molecule has 1 N–H and O–H groups in total. The maximum absolute atomic E-state index is 5.38. The summed E-state index contributed by atoms with van der Waals surface area (Å²) in [5.74, 6) is 0. The van der Waals surface area contributed by atoms with Gasteiger partial charge < -0.3 is 10.1 Å². The van der Waals surface area contributed by atoms with Crippen LogP contribution in [-0.4, -0.2) is 62.0 Å². The van der Waals surface area contributed by atoms with E-state index in [9.17, 15) is 0 Å². The van der Waals surface area contributed by atoms with Crippen molar-refractivity contribution >= 4 is 0 Å². The quantitative estimate of drug-likeness (QED) is 0.730. The van der Waals surface area contributed by atoms with Crippen molar-refractivity contribution in [3.63, 3.8) is 0 Å². The molecule has 1 atom stereocenters. The second-order valence-corrected chi connectivity index (χ2v) is 4.38. The van der Waals surface area contributed by atoms with E-state index < -0.39 is 0 Å². The number of hydrazine groups is 1. The van der Waals surface area contributed by atoms with Crippen LogP contribution in [0.15, 0.2) is 0 Å². The lowest BCUT2D eigenvalue weighted by Gasteiger charge is -2.42. The molecule has 0 radical (unpaired) electrons. The molecule has 2 saturated heterocycles. The summed E-state index contributed by atoms with van der Waals surface area (Å²) in [5.41, 5.74) is 0. The first kappa shape index (κ1) is 11.3. The minimum Gasteiger partial charge on any atom is -0.379 e. The van der Waals surface area contributed by atoms with Crippen LogP contribution in [0.25, 0.3) is 0 Å². The van der Waals surface area contributed by atoms with E-state index >= 15 is 0 Å². The van der Waals surface area contributed by atoms with Crippen LogP contribution >= 0.6 is 0 Å². The molecule has 2 heterocycles. The Labute approximate surface area is 92.5 Å². The molecule has 1 unspecified atom stereocenters. The molecular weight excluding hydrogens is 190 g/mol. The fourth-order valence-electron chi connectivity index (χ4n) is 2.51. The van der Waals surface area contributed by atoms with Gasteiger partial charge >= 0.3 is 0 Å². The largest absolute Gasteiger partial charge is 0.379 e. The molecule has 2 aliphatic rings. The van der Waals surface area contributed by atoms with Crippen molar-refractivity contribution in [2.45, 2.75) is 25.8 Å². The number of hydrogen-bond acceptors (Lipinski definition) is 4. The van der Waals surface area contributed by atoms with Crippen LogP contribution in [0.2, 0.25) is 0 Å². The predicted octanol–water partition coefficient (Wildman–Crippen LogP) is 0.308. The first-order chi connectivity index (χ1) is 7.40. The van der Waals surface area contributed by atoms with Gasteiger partial charge in [0.25, 0.3) is 0 Å². The number of piperidine rings is 1. The molecule has 4 nitrogen and oxygen atoms in total. The second-order valence-electron chi connectivity index (χ2n) is 4.38. The number of rotatable bonds is 3. The average Bonchev–Trinajstić information content (AvgIpc) is 2.31. The Morgan fingerprint density at radius 2 is 2.00 bits per heavy atom. The van der Waals surface area contributed by atoms with Crippen LogP contribution in [0, 0.1) is 0 Å². The van der Waals surface area contributed by atoms with Gasteiger partial charge in [-0.3, -0.25) is 0 Å². The van der Waals surface area contributed by atoms with Crippen LogP contribution in [0.1, 0.15) is 19.8 Å². The molecule has 0 spiro atoms. The van der Waals surface area contributed by atoms with Gasteiger partial charge in [-0.15, -0.1) is 0 Å². The zero-order valence-electron chi connectivity index (χ0n) is 9.74. The summed E-state index contributed by atoms with van der Waals surface area (Å²) in [7, 11) is 0. The van der Waals surface area contributed by atoms with Crippen molar-refractivity contribution in [1.29, 1.82) is 0 Å². The van der Waals surface area contributed by atoms with Crippen molar-refractivity contribution in [3.8, 4) is 0 Å². The average molecular weight is 213 g/mol. The second kappa shape index (κ2) is 5.80. The van der Waals surface area contributed by atoms with E-state index in [1.165, 1.54) is 25.9 Å². The van der Waals surface area contributed by atoms with Crippen LogP contribution in [0.3, 0.4) is 0 Å². The van der Waals surface area contributed by atoms with E-state index in [-0.39, 0.29) is 0 Å². The highest BCUT2D eigenvalue weighted by Crippen LogP contribution is 2.13. The zero-order valence-corrected chi connectivity index (χ0v) is 9.74. The molecule has 0 amide bonds.